The second-order valence-corrected chi connectivity index (χ2v) is 3.65. The smallest absolute Gasteiger partial charge is 0.100 e. The molecule has 0 bridgehead atoms. The van der Waals surface area contributed by atoms with Crippen molar-refractivity contribution < 1.29 is 4.42 Å². The molecule has 1 heteroatoms. The molecule has 0 atom stereocenters. The molecule has 0 aliphatic rings. The van der Waals surface area contributed by atoms with Gasteiger partial charge in [0.2, 0.25) is 0 Å². The van der Waals surface area contributed by atoms with E-state index < -0.39 is 0 Å². The lowest BCUT2D eigenvalue weighted by atomic mass is 10.2. The average Bonchev–Trinajstić information content (AvgIpc) is 2.54. The fourth-order valence-corrected chi connectivity index (χ4v) is 0.683. The van der Waals surface area contributed by atoms with Gasteiger partial charge in [0.05, 0.1) is 6.26 Å². The van der Waals surface area contributed by atoms with E-state index in [0.717, 1.165) is 18.1 Å². The SMILES string of the molecule is C#C.CC(C)C.CCc1coc(C)c1. The molecule has 0 aliphatic heterocycles. The number of terminal acetylenes is 1. The van der Waals surface area contributed by atoms with E-state index in [2.05, 4.69) is 46.6 Å². The predicted molar refractivity (Wildman–Crippen MR) is 63.2 cm³/mol. The zero-order chi connectivity index (χ0) is 11.6. The number of rotatable bonds is 1. The standard InChI is InChI=1S/C7H10O.C4H10.C2H2/c1-3-7-4-6(2)8-5-7;1-4(2)3;1-2/h4-5H,3H2,1-2H3;4H,1-3H3;1-2H. The van der Waals surface area contributed by atoms with Gasteiger partial charge in [-0.15, -0.1) is 12.8 Å². The zero-order valence-electron chi connectivity index (χ0n) is 10.0. The van der Waals surface area contributed by atoms with Gasteiger partial charge in [-0.25, -0.2) is 0 Å². The van der Waals surface area contributed by atoms with Gasteiger partial charge >= 0.3 is 0 Å². The van der Waals surface area contributed by atoms with Crippen LogP contribution in [0.2, 0.25) is 0 Å². The Kier molecular flexibility index (Phi) is 10.9. The minimum absolute atomic E-state index is 0.833. The van der Waals surface area contributed by atoms with Crippen LogP contribution in [0, 0.1) is 25.7 Å². The molecule has 0 fully saturated rings. The lowest BCUT2D eigenvalue weighted by Crippen LogP contribution is -1.67. The molecule has 0 saturated heterocycles. The third kappa shape index (κ3) is 10.8. The molecule has 1 rings (SSSR count). The first-order valence-corrected chi connectivity index (χ1v) is 4.93. The first-order chi connectivity index (χ1) is 6.56. The van der Waals surface area contributed by atoms with Gasteiger partial charge in [-0.2, -0.15) is 0 Å². The van der Waals surface area contributed by atoms with Crippen molar-refractivity contribution in [3.63, 3.8) is 0 Å². The van der Waals surface area contributed by atoms with Crippen LogP contribution in [0.4, 0.5) is 0 Å². The molecule has 0 N–H and O–H groups in total. The highest BCUT2D eigenvalue weighted by molar-refractivity contribution is 5.10. The topological polar surface area (TPSA) is 13.1 Å². The monoisotopic (exact) mass is 194 g/mol. The second kappa shape index (κ2) is 9.92. The van der Waals surface area contributed by atoms with Crippen LogP contribution >= 0.6 is 0 Å². The van der Waals surface area contributed by atoms with Crippen molar-refractivity contribution in [1.29, 1.82) is 0 Å². The van der Waals surface area contributed by atoms with Crippen LogP contribution in [-0.4, -0.2) is 0 Å². The maximum absolute atomic E-state index is 5.06. The molecule has 1 aromatic rings. The Balaban J connectivity index is 0. The highest BCUT2D eigenvalue weighted by atomic mass is 16.3. The molecular formula is C13H22O. The molecule has 0 amide bonds. The Hall–Kier alpha value is -1.16. The van der Waals surface area contributed by atoms with Crippen molar-refractivity contribution in [3.8, 4) is 12.8 Å². The Morgan fingerprint density at radius 2 is 1.71 bits per heavy atom. The van der Waals surface area contributed by atoms with Crippen LogP contribution in [0.1, 0.15) is 39.0 Å². The maximum Gasteiger partial charge on any atom is 0.100 e. The van der Waals surface area contributed by atoms with E-state index in [1.165, 1.54) is 5.56 Å². The largest absolute Gasteiger partial charge is 0.469 e. The van der Waals surface area contributed by atoms with Crippen LogP contribution < -0.4 is 0 Å². The molecule has 14 heavy (non-hydrogen) atoms. The van der Waals surface area contributed by atoms with Crippen molar-refractivity contribution in [3.05, 3.63) is 23.7 Å². The van der Waals surface area contributed by atoms with E-state index in [9.17, 15) is 0 Å². The van der Waals surface area contributed by atoms with Crippen LogP contribution in [0.15, 0.2) is 16.7 Å². The van der Waals surface area contributed by atoms with Crippen molar-refractivity contribution in [1.82, 2.24) is 0 Å². The van der Waals surface area contributed by atoms with Gasteiger partial charge in [0.15, 0.2) is 0 Å². The molecule has 0 saturated carbocycles. The van der Waals surface area contributed by atoms with E-state index in [-0.39, 0.29) is 0 Å². The molecule has 0 unspecified atom stereocenters. The Morgan fingerprint density at radius 3 is 1.86 bits per heavy atom. The van der Waals surface area contributed by atoms with E-state index in [0.29, 0.717) is 0 Å². The summed E-state index contributed by atoms with van der Waals surface area (Å²) in [6.07, 6.45) is 10.9. The third-order valence-corrected chi connectivity index (χ3v) is 1.19. The van der Waals surface area contributed by atoms with Crippen LogP contribution in [-0.2, 0) is 6.42 Å². The highest BCUT2D eigenvalue weighted by Gasteiger charge is 1.90. The summed E-state index contributed by atoms with van der Waals surface area (Å²) in [4.78, 5) is 0. The van der Waals surface area contributed by atoms with Gasteiger partial charge in [-0.1, -0.05) is 27.7 Å². The van der Waals surface area contributed by atoms with Gasteiger partial charge in [0, 0.05) is 0 Å². The van der Waals surface area contributed by atoms with E-state index in [1.54, 1.807) is 6.26 Å². The quantitative estimate of drug-likeness (QED) is 0.614. The van der Waals surface area contributed by atoms with Crippen molar-refractivity contribution >= 4 is 0 Å². The first kappa shape index (κ1) is 15.3. The van der Waals surface area contributed by atoms with Crippen molar-refractivity contribution in [2.24, 2.45) is 5.92 Å². The normalized spacial score (nSPS) is 8.29. The van der Waals surface area contributed by atoms with Crippen molar-refractivity contribution in [2.75, 3.05) is 0 Å². The second-order valence-electron chi connectivity index (χ2n) is 3.65. The fourth-order valence-electron chi connectivity index (χ4n) is 0.683. The van der Waals surface area contributed by atoms with Crippen LogP contribution in [0.5, 0.6) is 0 Å². The summed E-state index contributed by atoms with van der Waals surface area (Å²) < 4.78 is 5.06. The molecule has 0 aromatic carbocycles. The van der Waals surface area contributed by atoms with E-state index in [4.69, 9.17) is 4.42 Å². The van der Waals surface area contributed by atoms with Gasteiger partial charge in [-0.05, 0) is 30.9 Å². The minimum atomic E-state index is 0.833. The summed E-state index contributed by atoms with van der Waals surface area (Å²) in [5.74, 6) is 1.84. The molecule has 0 spiro atoms. The molecule has 1 aromatic heterocycles. The maximum atomic E-state index is 5.06. The predicted octanol–water partition coefficient (Wildman–Crippen LogP) is 4.06. The van der Waals surface area contributed by atoms with Gasteiger partial charge in [0.1, 0.15) is 5.76 Å². The summed E-state index contributed by atoms with van der Waals surface area (Å²) in [7, 11) is 0. The fraction of sp³-hybridized carbons (Fsp3) is 0.538. The molecular weight excluding hydrogens is 172 g/mol. The summed E-state index contributed by atoms with van der Waals surface area (Å²) in [6, 6.07) is 2.06. The van der Waals surface area contributed by atoms with Gasteiger partial charge < -0.3 is 4.42 Å². The molecule has 80 valence electrons. The van der Waals surface area contributed by atoms with Crippen molar-refractivity contribution in [2.45, 2.75) is 41.0 Å². The van der Waals surface area contributed by atoms with Crippen LogP contribution in [0.25, 0.3) is 0 Å². The van der Waals surface area contributed by atoms with E-state index in [1.807, 2.05) is 6.92 Å². The van der Waals surface area contributed by atoms with Gasteiger partial charge in [0.25, 0.3) is 0 Å². The molecule has 0 aliphatic carbocycles. The van der Waals surface area contributed by atoms with Gasteiger partial charge in [-0.3, -0.25) is 0 Å². The highest BCUT2D eigenvalue weighted by Crippen LogP contribution is 2.05. The van der Waals surface area contributed by atoms with Crippen LogP contribution in [0.3, 0.4) is 0 Å². The Bertz CT molecular complexity index is 228. The Labute approximate surface area is 88.5 Å². The van der Waals surface area contributed by atoms with E-state index >= 15 is 0 Å². The lowest BCUT2D eigenvalue weighted by Gasteiger charge is -1.79. The minimum Gasteiger partial charge on any atom is -0.469 e. The summed E-state index contributed by atoms with van der Waals surface area (Å²) in [6.45, 7) is 10.6. The number of furan rings is 1. The lowest BCUT2D eigenvalue weighted by molar-refractivity contribution is 0.532. The number of hydrogen-bond donors (Lipinski definition) is 0. The molecule has 0 radical (unpaired) electrons. The third-order valence-electron chi connectivity index (χ3n) is 1.19. The average molecular weight is 194 g/mol. The number of aryl methyl sites for hydroxylation is 2. The molecule has 1 heterocycles. The molecule has 1 nitrogen and oxygen atoms in total. The summed E-state index contributed by atoms with van der Waals surface area (Å²) in [5.41, 5.74) is 1.28. The summed E-state index contributed by atoms with van der Waals surface area (Å²) >= 11 is 0. The first-order valence-electron chi connectivity index (χ1n) is 4.93. The zero-order valence-corrected chi connectivity index (χ0v) is 10.0. The summed E-state index contributed by atoms with van der Waals surface area (Å²) in [5, 5.41) is 0. The Morgan fingerprint density at radius 1 is 1.29 bits per heavy atom. The number of hydrogen-bond acceptors (Lipinski definition) is 1.